The quantitative estimate of drug-likeness (QED) is 0.646. The molecule has 1 atom stereocenters. The Morgan fingerprint density at radius 2 is 2.00 bits per heavy atom. The Hall–Kier alpha value is -1.35. The van der Waals surface area contributed by atoms with Gasteiger partial charge >= 0.3 is 5.97 Å². The second-order valence-electron chi connectivity index (χ2n) is 3.82. The van der Waals surface area contributed by atoms with E-state index in [9.17, 15) is 4.79 Å². The van der Waals surface area contributed by atoms with Crippen LogP contribution in [0.2, 0.25) is 5.02 Å². The summed E-state index contributed by atoms with van der Waals surface area (Å²) in [5.74, 6) is -0.437. The fourth-order valence-electron chi connectivity index (χ4n) is 1.44. The van der Waals surface area contributed by atoms with Gasteiger partial charge in [0, 0.05) is 17.2 Å². The maximum absolute atomic E-state index is 11.1. The molecule has 1 rings (SSSR count). The summed E-state index contributed by atoms with van der Waals surface area (Å²) in [6.45, 7) is 3.67. The lowest BCUT2D eigenvalue weighted by Gasteiger charge is -2.16. The number of hydrogen-bond acceptors (Lipinski definition) is 3. The Labute approximate surface area is 106 Å². The Morgan fingerprint density at radius 1 is 1.41 bits per heavy atom. The molecule has 0 fully saturated rings. The van der Waals surface area contributed by atoms with Crippen molar-refractivity contribution in [2.75, 3.05) is 6.61 Å². The van der Waals surface area contributed by atoms with Gasteiger partial charge in [0.15, 0.2) is 0 Å². The zero-order chi connectivity index (χ0) is 12.8. The minimum absolute atomic E-state index is 0.192. The lowest BCUT2D eigenvalue weighted by Crippen LogP contribution is -2.17. The van der Waals surface area contributed by atoms with Crippen LogP contribution in [0.25, 0.3) is 0 Å². The zero-order valence-electron chi connectivity index (χ0n) is 10.00. The monoisotopic (exact) mass is 253 g/mol. The number of carbonyl (C=O) groups excluding carboxylic acids is 1. The first-order valence-electron chi connectivity index (χ1n) is 5.50. The van der Waals surface area contributed by atoms with Gasteiger partial charge in [-0.25, -0.2) is 0 Å². The molecule has 1 unspecified atom stereocenters. The van der Waals surface area contributed by atoms with Crippen LogP contribution in [0.5, 0.6) is 0 Å². The van der Waals surface area contributed by atoms with E-state index in [0.717, 1.165) is 5.56 Å². The zero-order valence-corrected chi connectivity index (χ0v) is 10.8. The van der Waals surface area contributed by atoms with Gasteiger partial charge in [-0.05, 0) is 24.6 Å². The standard InChI is InChI=1S/C13H16ClNO2/c1-3-13(16)17-8-12(9(2)15)10-4-6-11(14)7-5-10/h4-7,12,15H,3,8H2,1-2H3. The summed E-state index contributed by atoms with van der Waals surface area (Å²) in [5, 5.41) is 8.37. The largest absolute Gasteiger partial charge is 0.465 e. The first kappa shape index (κ1) is 13.7. The maximum Gasteiger partial charge on any atom is 0.305 e. The highest BCUT2D eigenvalue weighted by molar-refractivity contribution is 6.30. The second kappa shape index (κ2) is 6.40. The van der Waals surface area contributed by atoms with Crippen LogP contribution in [0.1, 0.15) is 31.7 Å². The minimum Gasteiger partial charge on any atom is -0.465 e. The van der Waals surface area contributed by atoms with E-state index in [2.05, 4.69) is 0 Å². The SMILES string of the molecule is CCC(=O)OCC(C(C)=N)c1ccc(Cl)cc1. The van der Waals surface area contributed by atoms with Crippen molar-refractivity contribution in [2.24, 2.45) is 0 Å². The van der Waals surface area contributed by atoms with E-state index in [0.29, 0.717) is 17.2 Å². The van der Waals surface area contributed by atoms with E-state index in [1.54, 1.807) is 26.0 Å². The Bertz CT molecular complexity index is 400. The molecule has 1 aromatic rings. The first-order valence-corrected chi connectivity index (χ1v) is 5.88. The van der Waals surface area contributed by atoms with E-state index in [4.69, 9.17) is 21.7 Å². The number of benzene rings is 1. The molecule has 0 saturated carbocycles. The molecule has 1 N–H and O–H groups in total. The molecule has 0 radical (unpaired) electrons. The van der Waals surface area contributed by atoms with Crippen LogP contribution in [-0.2, 0) is 9.53 Å². The van der Waals surface area contributed by atoms with E-state index >= 15 is 0 Å². The number of nitrogens with one attached hydrogen (secondary N) is 1. The molecule has 0 aliphatic rings. The smallest absolute Gasteiger partial charge is 0.305 e. The van der Waals surface area contributed by atoms with Crippen LogP contribution in [-0.4, -0.2) is 18.3 Å². The molecule has 0 heterocycles. The number of carbonyl (C=O) groups is 1. The van der Waals surface area contributed by atoms with Gasteiger partial charge in [0.25, 0.3) is 0 Å². The normalized spacial score (nSPS) is 11.9. The van der Waals surface area contributed by atoms with E-state index in [1.165, 1.54) is 0 Å². The third-order valence-electron chi connectivity index (χ3n) is 2.49. The average molecular weight is 254 g/mol. The summed E-state index contributed by atoms with van der Waals surface area (Å²) in [5.41, 5.74) is 1.40. The number of halogens is 1. The molecule has 17 heavy (non-hydrogen) atoms. The molecule has 0 aliphatic carbocycles. The lowest BCUT2D eigenvalue weighted by molar-refractivity contribution is -0.143. The lowest BCUT2D eigenvalue weighted by atomic mass is 9.96. The molecule has 3 nitrogen and oxygen atoms in total. The maximum atomic E-state index is 11.1. The number of hydrogen-bond donors (Lipinski definition) is 1. The summed E-state index contributed by atoms with van der Waals surface area (Å²) < 4.78 is 5.09. The predicted molar refractivity (Wildman–Crippen MR) is 68.8 cm³/mol. The van der Waals surface area contributed by atoms with Gasteiger partial charge in [0.1, 0.15) is 6.61 Å². The average Bonchev–Trinajstić information content (AvgIpc) is 2.31. The molecule has 0 aliphatic heterocycles. The van der Waals surface area contributed by atoms with Gasteiger partial charge in [-0.2, -0.15) is 0 Å². The highest BCUT2D eigenvalue weighted by Crippen LogP contribution is 2.20. The second-order valence-corrected chi connectivity index (χ2v) is 4.26. The van der Waals surface area contributed by atoms with Crippen molar-refractivity contribution in [2.45, 2.75) is 26.2 Å². The van der Waals surface area contributed by atoms with E-state index in [1.807, 2.05) is 12.1 Å². The molecular weight excluding hydrogens is 238 g/mol. The van der Waals surface area contributed by atoms with Gasteiger partial charge in [0.05, 0.1) is 5.92 Å². The molecule has 92 valence electrons. The fourth-order valence-corrected chi connectivity index (χ4v) is 1.57. The van der Waals surface area contributed by atoms with Gasteiger partial charge < -0.3 is 10.1 Å². The van der Waals surface area contributed by atoms with Crippen LogP contribution in [0, 0.1) is 5.41 Å². The Balaban J connectivity index is 2.75. The summed E-state index contributed by atoms with van der Waals surface area (Å²) in [4.78, 5) is 11.1. The molecule has 0 spiro atoms. The van der Waals surface area contributed by atoms with Crippen molar-refractivity contribution in [3.63, 3.8) is 0 Å². The van der Waals surface area contributed by atoms with Gasteiger partial charge in [-0.1, -0.05) is 30.7 Å². The number of esters is 1. The molecular formula is C13H16ClNO2. The van der Waals surface area contributed by atoms with E-state index in [-0.39, 0.29) is 18.5 Å². The van der Waals surface area contributed by atoms with Crippen LogP contribution >= 0.6 is 11.6 Å². The summed E-state index contributed by atoms with van der Waals surface area (Å²) in [7, 11) is 0. The van der Waals surface area contributed by atoms with Crippen molar-refractivity contribution in [3.05, 3.63) is 34.9 Å². The van der Waals surface area contributed by atoms with Crippen LogP contribution in [0.4, 0.5) is 0 Å². The molecule has 4 heteroatoms. The Morgan fingerprint density at radius 3 is 2.47 bits per heavy atom. The van der Waals surface area contributed by atoms with Crippen molar-refractivity contribution >= 4 is 23.3 Å². The van der Waals surface area contributed by atoms with Gasteiger partial charge in [-0.3, -0.25) is 4.79 Å². The van der Waals surface area contributed by atoms with Crippen molar-refractivity contribution in [1.29, 1.82) is 5.41 Å². The summed E-state index contributed by atoms with van der Waals surface area (Å²) in [6.07, 6.45) is 0.352. The summed E-state index contributed by atoms with van der Waals surface area (Å²) in [6, 6.07) is 7.25. The third-order valence-corrected chi connectivity index (χ3v) is 2.75. The summed E-state index contributed by atoms with van der Waals surface area (Å²) >= 11 is 5.81. The fraction of sp³-hybridized carbons (Fsp3) is 0.385. The van der Waals surface area contributed by atoms with Crippen LogP contribution < -0.4 is 0 Å². The molecule has 0 saturated heterocycles. The van der Waals surface area contributed by atoms with Gasteiger partial charge in [-0.15, -0.1) is 0 Å². The van der Waals surface area contributed by atoms with Crippen molar-refractivity contribution in [1.82, 2.24) is 0 Å². The van der Waals surface area contributed by atoms with E-state index < -0.39 is 0 Å². The van der Waals surface area contributed by atoms with Crippen LogP contribution in [0.15, 0.2) is 24.3 Å². The predicted octanol–water partition coefficient (Wildman–Crippen LogP) is 3.42. The molecule has 0 aromatic heterocycles. The first-order chi connectivity index (χ1) is 8.04. The number of ether oxygens (including phenoxy) is 1. The van der Waals surface area contributed by atoms with Crippen molar-refractivity contribution < 1.29 is 9.53 Å². The third kappa shape index (κ3) is 4.19. The molecule has 0 amide bonds. The van der Waals surface area contributed by atoms with Crippen LogP contribution in [0.3, 0.4) is 0 Å². The van der Waals surface area contributed by atoms with Crippen molar-refractivity contribution in [3.8, 4) is 0 Å². The number of rotatable bonds is 5. The Kier molecular flexibility index (Phi) is 5.16. The molecule has 0 bridgehead atoms. The van der Waals surface area contributed by atoms with Gasteiger partial charge in [0.2, 0.25) is 0 Å². The topological polar surface area (TPSA) is 50.2 Å². The highest BCUT2D eigenvalue weighted by atomic mass is 35.5. The minimum atomic E-state index is -0.245. The molecule has 1 aromatic carbocycles. The highest BCUT2D eigenvalue weighted by Gasteiger charge is 2.15.